The SMILES string of the molecule is [CH]1[CH][CH][CH][CH]1.[CH]1[CH][CH][CH][CH]1.[Cl-].[Nb+3].c1ccc(Pc2ccccc2)cc1.c1ccc(Pc2ccccc2)cc1. The van der Waals surface area contributed by atoms with Crippen LogP contribution in [0.5, 0.6) is 0 Å². The van der Waals surface area contributed by atoms with Crippen molar-refractivity contribution >= 4 is 38.4 Å². The van der Waals surface area contributed by atoms with Crippen LogP contribution in [-0.4, -0.2) is 0 Å². The molecule has 0 bridgehead atoms. The van der Waals surface area contributed by atoms with Crippen LogP contribution >= 0.6 is 17.2 Å². The maximum absolute atomic E-state index is 2.17. The minimum Gasteiger partial charge on any atom is -1.00 e. The summed E-state index contributed by atoms with van der Waals surface area (Å²) in [6.07, 6.45) is 20.0. The topological polar surface area (TPSA) is 0 Å². The van der Waals surface area contributed by atoms with Gasteiger partial charge in [-0.15, -0.1) is 0 Å². The van der Waals surface area contributed by atoms with Gasteiger partial charge in [0.05, 0.1) is 0 Å². The number of hydrogen-bond acceptors (Lipinski definition) is 0. The summed E-state index contributed by atoms with van der Waals surface area (Å²) in [6, 6.07) is 42.3. The van der Waals surface area contributed by atoms with Crippen molar-refractivity contribution in [2.45, 2.75) is 0 Å². The summed E-state index contributed by atoms with van der Waals surface area (Å²) in [4.78, 5) is 0. The summed E-state index contributed by atoms with van der Waals surface area (Å²) in [5.41, 5.74) is 0. The molecular formula is C34H32ClNbP2+2. The molecule has 0 unspecified atom stereocenters. The van der Waals surface area contributed by atoms with Crippen molar-refractivity contribution in [3.63, 3.8) is 0 Å². The minimum atomic E-state index is 0. The van der Waals surface area contributed by atoms with E-state index in [0.717, 1.165) is 17.2 Å². The van der Waals surface area contributed by atoms with Gasteiger partial charge in [0.1, 0.15) is 0 Å². The van der Waals surface area contributed by atoms with Gasteiger partial charge < -0.3 is 12.4 Å². The second kappa shape index (κ2) is 23.6. The van der Waals surface area contributed by atoms with Crippen molar-refractivity contribution in [1.29, 1.82) is 0 Å². The first-order chi connectivity index (χ1) is 17.9. The van der Waals surface area contributed by atoms with Gasteiger partial charge in [-0.2, -0.15) is 0 Å². The molecule has 2 aliphatic carbocycles. The molecule has 0 heterocycles. The monoisotopic (exact) mass is 630 g/mol. The Kier molecular flexibility index (Phi) is 21.6. The molecule has 38 heavy (non-hydrogen) atoms. The van der Waals surface area contributed by atoms with Crippen molar-refractivity contribution < 1.29 is 34.8 Å². The molecule has 10 radical (unpaired) electrons. The Labute approximate surface area is 257 Å². The van der Waals surface area contributed by atoms with E-state index in [1.165, 1.54) is 21.2 Å². The van der Waals surface area contributed by atoms with Gasteiger partial charge in [-0.3, -0.25) is 0 Å². The van der Waals surface area contributed by atoms with Crippen LogP contribution in [0.25, 0.3) is 0 Å². The average Bonchev–Trinajstić information content (AvgIpc) is 3.72. The number of rotatable bonds is 4. The molecule has 0 N–H and O–H groups in total. The second-order valence-electron chi connectivity index (χ2n) is 7.64. The van der Waals surface area contributed by atoms with E-state index in [0.29, 0.717) is 0 Å². The van der Waals surface area contributed by atoms with Gasteiger partial charge >= 0.3 is 22.4 Å². The van der Waals surface area contributed by atoms with Gasteiger partial charge in [0.25, 0.3) is 0 Å². The van der Waals surface area contributed by atoms with Crippen LogP contribution < -0.4 is 33.6 Å². The number of benzene rings is 4. The first kappa shape index (κ1) is 34.8. The molecule has 2 saturated carbocycles. The van der Waals surface area contributed by atoms with Crippen LogP contribution in [0.1, 0.15) is 0 Å². The van der Waals surface area contributed by atoms with E-state index in [1.807, 2.05) is 64.2 Å². The van der Waals surface area contributed by atoms with Gasteiger partial charge in [0.15, 0.2) is 0 Å². The van der Waals surface area contributed by atoms with Crippen LogP contribution in [0, 0.1) is 64.2 Å². The Balaban J connectivity index is 0.000000270. The molecule has 2 aliphatic rings. The zero-order valence-electron chi connectivity index (χ0n) is 21.1. The second-order valence-corrected chi connectivity index (χ2v) is 10.4. The molecule has 0 atom stereocenters. The van der Waals surface area contributed by atoms with Gasteiger partial charge in [-0.1, -0.05) is 138 Å². The average molecular weight is 631 g/mol. The molecule has 4 heteroatoms. The van der Waals surface area contributed by atoms with Crippen LogP contribution in [0.15, 0.2) is 121 Å². The normalized spacial score (nSPS) is 13.1. The minimum absolute atomic E-state index is 0. The Morgan fingerprint density at radius 3 is 0.579 bits per heavy atom. The molecule has 0 nitrogen and oxygen atoms in total. The van der Waals surface area contributed by atoms with Gasteiger partial charge in [0, 0.05) is 0 Å². The summed E-state index contributed by atoms with van der Waals surface area (Å²) in [7, 11) is 1.55. The van der Waals surface area contributed by atoms with Crippen molar-refractivity contribution in [2.75, 3.05) is 0 Å². The summed E-state index contributed by atoms with van der Waals surface area (Å²) in [5, 5.41) is 5.59. The van der Waals surface area contributed by atoms with E-state index < -0.39 is 0 Å². The molecule has 0 aromatic heterocycles. The van der Waals surface area contributed by atoms with Crippen LogP contribution in [0.3, 0.4) is 0 Å². The van der Waals surface area contributed by atoms with E-state index in [2.05, 4.69) is 121 Å². The maximum Gasteiger partial charge on any atom is 3.00 e. The Morgan fingerprint density at radius 2 is 0.421 bits per heavy atom. The first-order valence-electron chi connectivity index (χ1n) is 12.0. The summed E-state index contributed by atoms with van der Waals surface area (Å²) in [5.74, 6) is 0. The predicted molar refractivity (Wildman–Crippen MR) is 164 cm³/mol. The van der Waals surface area contributed by atoms with Crippen molar-refractivity contribution in [3.05, 3.63) is 186 Å². The Bertz CT molecular complexity index is 846. The first-order valence-corrected chi connectivity index (χ1v) is 14.0. The van der Waals surface area contributed by atoms with Crippen molar-refractivity contribution in [2.24, 2.45) is 0 Å². The molecule has 4 aromatic carbocycles. The molecule has 4 aromatic rings. The fourth-order valence-corrected chi connectivity index (χ4v) is 5.16. The fraction of sp³-hybridized carbons (Fsp3) is 0. The van der Waals surface area contributed by atoms with Crippen molar-refractivity contribution in [3.8, 4) is 0 Å². The molecule has 0 aliphatic heterocycles. The van der Waals surface area contributed by atoms with E-state index in [1.54, 1.807) is 0 Å². The zero-order chi connectivity index (χ0) is 24.9. The van der Waals surface area contributed by atoms with Crippen LogP contribution in [-0.2, 0) is 22.4 Å². The molecule has 0 spiro atoms. The molecule has 2 fully saturated rings. The molecular weight excluding hydrogens is 599 g/mol. The quantitative estimate of drug-likeness (QED) is 0.239. The molecule has 0 saturated heterocycles. The predicted octanol–water partition coefficient (Wildman–Crippen LogP) is 3.68. The molecule has 0 amide bonds. The van der Waals surface area contributed by atoms with Gasteiger partial charge in [-0.05, 0) is 85.4 Å². The smallest absolute Gasteiger partial charge is 1.00 e. The van der Waals surface area contributed by atoms with Crippen LogP contribution in [0.2, 0.25) is 0 Å². The van der Waals surface area contributed by atoms with E-state index in [9.17, 15) is 0 Å². The van der Waals surface area contributed by atoms with E-state index in [-0.39, 0.29) is 34.8 Å². The summed E-state index contributed by atoms with van der Waals surface area (Å²) >= 11 is 0. The summed E-state index contributed by atoms with van der Waals surface area (Å²) < 4.78 is 0. The van der Waals surface area contributed by atoms with E-state index >= 15 is 0 Å². The Hall–Kier alpha value is -1.23. The fourth-order valence-electron chi connectivity index (χ4n) is 3.06. The third kappa shape index (κ3) is 16.7. The standard InChI is InChI=1S/2C12H11P.2C5H5.ClH.Nb/c2*1-3-7-11(8-4-1)13-12-9-5-2-6-10-12;2*1-2-4-5-3-1;;/h2*1-10,13H;2*1-5H;1H;/q;;;;;+3/p-1. The third-order valence-electron chi connectivity index (χ3n) is 4.78. The van der Waals surface area contributed by atoms with Gasteiger partial charge in [-0.25, -0.2) is 0 Å². The van der Waals surface area contributed by atoms with Crippen molar-refractivity contribution in [1.82, 2.24) is 0 Å². The number of hydrogen-bond donors (Lipinski definition) is 0. The number of halogens is 1. The molecule has 6 rings (SSSR count). The molecule has 188 valence electrons. The van der Waals surface area contributed by atoms with Crippen LogP contribution in [0.4, 0.5) is 0 Å². The maximum atomic E-state index is 2.17. The Morgan fingerprint density at radius 1 is 0.263 bits per heavy atom. The van der Waals surface area contributed by atoms with E-state index in [4.69, 9.17) is 0 Å². The largest absolute Gasteiger partial charge is 3.00 e. The zero-order valence-corrected chi connectivity index (χ0v) is 26.1. The van der Waals surface area contributed by atoms with Gasteiger partial charge in [0.2, 0.25) is 0 Å². The summed E-state index contributed by atoms with van der Waals surface area (Å²) in [6.45, 7) is 0. The third-order valence-corrected chi connectivity index (χ3v) is 7.27.